The van der Waals surface area contributed by atoms with Crippen LogP contribution >= 0.6 is 11.8 Å². The zero-order valence-corrected chi connectivity index (χ0v) is 15.8. The van der Waals surface area contributed by atoms with Crippen molar-refractivity contribution in [2.75, 3.05) is 6.54 Å². The molecule has 0 saturated carbocycles. The van der Waals surface area contributed by atoms with Gasteiger partial charge in [-0.3, -0.25) is 14.9 Å². The zero-order chi connectivity index (χ0) is 19.7. The number of nitrogens with one attached hydrogen (secondary N) is 3. The van der Waals surface area contributed by atoms with Gasteiger partial charge in [0.05, 0.1) is 5.37 Å². The summed E-state index contributed by atoms with van der Waals surface area (Å²) in [6.07, 6.45) is -2.55. The lowest BCUT2D eigenvalue weighted by Gasteiger charge is -2.31. The predicted molar refractivity (Wildman–Crippen MR) is 102 cm³/mol. The molecule has 2 fully saturated rings. The second kappa shape index (κ2) is 8.04. The fourth-order valence-corrected chi connectivity index (χ4v) is 4.91. The van der Waals surface area contributed by atoms with Gasteiger partial charge >= 0.3 is 0 Å². The van der Waals surface area contributed by atoms with E-state index in [1.165, 1.54) is 11.8 Å². The van der Waals surface area contributed by atoms with E-state index in [0.717, 1.165) is 12.0 Å². The van der Waals surface area contributed by atoms with Crippen molar-refractivity contribution in [3.8, 4) is 0 Å². The molecule has 4 rings (SSSR count). The van der Waals surface area contributed by atoms with Gasteiger partial charge < -0.3 is 15.5 Å². The number of carbonyl (C=O) groups is 2. The van der Waals surface area contributed by atoms with Crippen LogP contribution in [0.4, 0.5) is 8.78 Å². The number of nitrogens with zero attached hydrogens (tertiary/aromatic N) is 2. The van der Waals surface area contributed by atoms with E-state index in [4.69, 9.17) is 0 Å². The first-order valence-corrected chi connectivity index (χ1v) is 10.1. The number of hydrogen-bond donors (Lipinski definition) is 3. The topological polar surface area (TPSA) is 85.8 Å². The minimum absolute atomic E-state index is 0.0950. The van der Waals surface area contributed by atoms with Crippen molar-refractivity contribution in [3.05, 3.63) is 35.9 Å². The molecule has 3 unspecified atom stereocenters. The number of amidine groups is 1. The molecule has 150 valence electrons. The highest BCUT2D eigenvalue weighted by atomic mass is 32.2. The number of amides is 2. The van der Waals surface area contributed by atoms with Gasteiger partial charge in [-0.05, 0) is 18.4 Å². The fourth-order valence-electron chi connectivity index (χ4n) is 3.62. The lowest BCUT2D eigenvalue weighted by molar-refractivity contribution is -0.127. The molecule has 28 heavy (non-hydrogen) atoms. The third kappa shape index (κ3) is 3.83. The number of rotatable bonds is 4. The molecule has 0 bridgehead atoms. The van der Waals surface area contributed by atoms with E-state index in [-0.39, 0.29) is 11.9 Å². The zero-order valence-electron chi connectivity index (χ0n) is 15.0. The quantitative estimate of drug-likeness (QED) is 0.687. The molecule has 0 aromatic heterocycles. The molecule has 1 aromatic rings. The highest BCUT2D eigenvalue weighted by Crippen LogP contribution is 2.33. The van der Waals surface area contributed by atoms with E-state index in [1.54, 1.807) is 0 Å². The Morgan fingerprint density at radius 3 is 2.89 bits per heavy atom. The summed E-state index contributed by atoms with van der Waals surface area (Å²) in [5.41, 5.74) is 1.01. The van der Waals surface area contributed by atoms with Gasteiger partial charge in [0.1, 0.15) is 12.2 Å². The summed E-state index contributed by atoms with van der Waals surface area (Å²) < 4.78 is 25.9. The number of thioether (sulfide) groups is 1. The first-order valence-electron chi connectivity index (χ1n) is 9.20. The number of aliphatic imine (C=N–C) groups is 1. The van der Waals surface area contributed by atoms with Crippen LogP contribution in [0.1, 0.15) is 18.4 Å². The SMILES string of the molecule is O=C1NC(C(F)F)NC2SC(N3CCC[C@@H]3C(=O)NCc3ccccc3)=NC12. The van der Waals surface area contributed by atoms with Gasteiger partial charge in [0.25, 0.3) is 6.43 Å². The minimum atomic E-state index is -2.70. The molecule has 2 amide bonds. The smallest absolute Gasteiger partial charge is 0.271 e. The molecule has 0 radical (unpaired) electrons. The molecule has 3 aliphatic heterocycles. The van der Waals surface area contributed by atoms with Crippen molar-refractivity contribution in [2.45, 2.75) is 49.4 Å². The molecule has 0 spiro atoms. The summed E-state index contributed by atoms with van der Waals surface area (Å²) in [6, 6.07) is 8.50. The van der Waals surface area contributed by atoms with Gasteiger partial charge in [0.2, 0.25) is 11.8 Å². The summed E-state index contributed by atoms with van der Waals surface area (Å²) in [7, 11) is 0. The second-order valence-electron chi connectivity index (χ2n) is 6.94. The van der Waals surface area contributed by atoms with Gasteiger partial charge in [-0.2, -0.15) is 0 Å². The lowest BCUT2D eigenvalue weighted by Crippen LogP contribution is -2.63. The van der Waals surface area contributed by atoms with Gasteiger partial charge in [-0.15, -0.1) is 0 Å². The Hall–Kier alpha value is -2.20. The third-order valence-corrected chi connectivity index (χ3v) is 6.24. The first-order chi connectivity index (χ1) is 13.5. The maximum atomic E-state index is 13.0. The van der Waals surface area contributed by atoms with Crippen molar-refractivity contribution >= 4 is 28.7 Å². The predicted octanol–water partition coefficient (Wildman–Crippen LogP) is 0.875. The van der Waals surface area contributed by atoms with E-state index in [2.05, 4.69) is 20.9 Å². The van der Waals surface area contributed by atoms with E-state index in [9.17, 15) is 18.4 Å². The Bertz CT molecular complexity index is 778. The Labute approximate surface area is 165 Å². The molecule has 2 saturated heterocycles. The molecule has 3 aliphatic rings. The normalized spacial score (nSPS) is 29.5. The van der Waals surface area contributed by atoms with E-state index < -0.39 is 29.9 Å². The maximum Gasteiger partial charge on any atom is 0.271 e. The summed E-state index contributed by atoms with van der Waals surface area (Å²) in [5.74, 6) is -0.608. The summed E-state index contributed by atoms with van der Waals surface area (Å²) in [6.45, 7) is 1.09. The Kier molecular flexibility index (Phi) is 5.49. The average Bonchev–Trinajstić information content (AvgIpc) is 3.33. The van der Waals surface area contributed by atoms with Crippen molar-refractivity contribution in [1.29, 1.82) is 0 Å². The lowest BCUT2D eigenvalue weighted by atomic mass is 10.2. The maximum absolute atomic E-state index is 13.0. The number of halogens is 2. The second-order valence-corrected chi connectivity index (χ2v) is 8.05. The van der Waals surface area contributed by atoms with Crippen LogP contribution in [-0.4, -0.2) is 58.5 Å². The number of benzene rings is 1. The number of carbonyl (C=O) groups excluding carboxylic acids is 2. The van der Waals surface area contributed by atoms with Gasteiger partial charge in [0, 0.05) is 13.1 Å². The number of fused-ring (bicyclic) bond motifs is 1. The number of likely N-dealkylation sites (tertiary alicyclic amines) is 1. The summed E-state index contributed by atoms with van der Waals surface area (Å²) >= 11 is 1.24. The van der Waals surface area contributed by atoms with E-state index >= 15 is 0 Å². The number of hydrogen-bond acceptors (Lipinski definition) is 6. The van der Waals surface area contributed by atoms with E-state index in [1.807, 2.05) is 35.2 Å². The highest BCUT2D eigenvalue weighted by molar-refractivity contribution is 8.14. The third-order valence-electron chi connectivity index (χ3n) is 5.04. The van der Waals surface area contributed by atoms with Crippen molar-refractivity contribution in [3.63, 3.8) is 0 Å². The largest absolute Gasteiger partial charge is 0.350 e. The fraction of sp³-hybridized carbons (Fsp3) is 0.500. The molecule has 3 N–H and O–H groups in total. The summed E-state index contributed by atoms with van der Waals surface area (Å²) in [4.78, 5) is 31.1. The van der Waals surface area contributed by atoms with Crippen LogP contribution in [-0.2, 0) is 16.1 Å². The Balaban J connectivity index is 1.40. The van der Waals surface area contributed by atoms with E-state index in [0.29, 0.717) is 24.7 Å². The highest BCUT2D eigenvalue weighted by Gasteiger charge is 2.46. The monoisotopic (exact) mass is 409 g/mol. The Morgan fingerprint density at radius 1 is 1.36 bits per heavy atom. The van der Waals surface area contributed by atoms with Crippen LogP contribution in [0.15, 0.2) is 35.3 Å². The molecule has 3 heterocycles. The van der Waals surface area contributed by atoms with Crippen molar-refractivity contribution < 1.29 is 18.4 Å². The molecule has 7 nitrogen and oxygen atoms in total. The van der Waals surface area contributed by atoms with Gasteiger partial charge in [-0.1, -0.05) is 42.1 Å². The Morgan fingerprint density at radius 2 is 2.14 bits per heavy atom. The van der Waals surface area contributed by atoms with Crippen LogP contribution in [0.2, 0.25) is 0 Å². The van der Waals surface area contributed by atoms with Gasteiger partial charge in [-0.25, -0.2) is 13.8 Å². The molecular formula is C18H21F2N5O2S. The molecular weight excluding hydrogens is 388 g/mol. The molecule has 0 aliphatic carbocycles. The van der Waals surface area contributed by atoms with Crippen LogP contribution in [0, 0.1) is 0 Å². The number of alkyl halides is 2. The molecule has 1 aromatic carbocycles. The summed E-state index contributed by atoms with van der Waals surface area (Å²) in [5, 5.41) is 7.95. The van der Waals surface area contributed by atoms with Crippen molar-refractivity contribution in [1.82, 2.24) is 20.9 Å². The van der Waals surface area contributed by atoms with Gasteiger partial charge in [0.15, 0.2) is 11.2 Å². The average molecular weight is 409 g/mol. The minimum Gasteiger partial charge on any atom is -0.350 e. The van der Waals surface area contributed by atoms with Crippen LogP contribution in [0.25, 0.3) is 0 Å². The van der Waals surface area contributed by atoms with Crippen LogP contribution in [0.3, 0.4) is 0 Å². The molecule has 10 heteroatoms. The van der Waals surface area contributed by atoms with Crippen LogP contribution in [0.5, 0.6) is 0 Å². The molecule has 4 atom stereocenters. The first kappa shape index (κ1) is 19.1. The standard InChI is InChI=1S/C18H21F2N5O2S/c19-13(20)14-23-16(27)12-17(24-14)28-18(22-12)25-8-4-7-11(25)15(26)21-9-10-5-2-1-3-6-10/h1-3,5-6,11-14,17,24H,4,7-9H2,(H,21,26)(H,23,27)/t11-,12?,14?,17?/m1/s1. The van der Waals surface area contributed by atoms with Crippen LogP contribution < -0.4 is 16.0 Å². The van der Waals surface area contributed by atoms with Crippen molar-refractivity contribution in [2.24, 2.45) is 4.99 Å².